The predicted molar refractivity (Wildman–Crippen MR) is 69.3 cm³/mol. The quantitative estimate of drug-likeness (QED) is 0.903. The van der Waals surface area contributed by atoms with Gasteiger partial charge in [0.1, 0.15) is 0 Å². The molecule has 94 valence electrons. The van der Waals surface area contributed by atoms with Crippen LogP contribution in [0.5, 0.6) is 0 Å². The summed E-state index contributed by atoms with van der Waals surface area (Å²) >= 11 is 0. The second-order valence-electron chi connectivity index (χ2n) is 4.57. The number of carboxylic acid groups (broad SMARTS) is 1. The molecule has 0 aliphatic rings. The fourth-order valence-electron chi connectivity index (χ4n) is 2.16. The molecule has 1 aromatic carbocycles. The van der Waals surface area contributed by atoms with Crippen molar-refractivity contribution >= 4 is 5.97 Å². The molecule has 4 heteroatoms. The summed E-state index contributed by atoms with van der Waals surface area (Å²) in [4.78, 5) is 11.2. The van der Waals surface area contributed by atoms with E-state index in [0.29, 0.717) is 0 Å². The minimum absolute atomic E-state index is 0.127. The summed E-state index contributed by atoms with van der Waals surface area (Å²) in [5, 5.41) is 13.4. The van der Waals surface area contributed by atoms with Gasteiger partial charge in [-0.1, -0.05) is 32.0 Å². The van der Waals surface area contributed by atoms with E-state index in [1.807, 2.05) is 51.1 Å². The molecule has 0 spiro atoms. The van der Waals surface area contributed by atoms with Crippen molar-refractivity contribution in [3.63, 3.8) is 0 Å². The molecule has 0 amide bonds. The summed E-state index contributed by atoms with van der Waals surface area (Å²) in [7, 11) is 0. The van der Waals surface area contributed by atoms with Gasteiger partial charge in [-0.2, -0.15) is 5.10 Å². The number of rotatable bonds is 3. The lowest BCUT2D eigenvalue weighted by Crippen LogP contribution is -2.04. The summed E-state index contributed by atoms with van der Waals surface area (Å²) in [6.07, 6.45) is 0. The first-order chi connectivity index (χ1) is 8.52. The maximum atomic E-state index is 11.2. The highest BCUT2D eigenvalue weighted by Crippen LogP contribution is 2.25. The molecule has 0 saturated heterocycles. The minimum Gasteiger partial charge on any atom is -0.476 e. The Morgan fingerprint density at radius 1 is 1.28 bits per heavy atom. The number of aromatic carboxylic acids is 1. The molecule has 0 saturated carbocycles. The summed E-state index contributed by atoms with van der Waals surface area (Å²) in [6.45, 7) is 5.88. The monoisotopic (exact) mass is 244 g/mol. The van der Waals surface area contributed by atoms with Crippen molar-refractivity contribution < 1.29 is 9.90 Å². The van der Waals surface area contributed by atoms with Crippen LogP contribution in [0.3, 0.4) is 0 Å². The molecule has 0 atom stereocenters. The molecule has 2 rings (SSSR count). The number of hydrogen-bond donors (Lipinski definition) is 1. The third kappa shape index (κ3) is 2.01. The van der Waals surface area contributed by atoms with E-state index in [1.54, 1.807) is 4.68 Å². The van der Waals surface area contributed by atoms with E-state index in [4.69, 9.17) is 5.11 Å². The second-order valence-corrected chi connectivity index (χ2v) is 4.57. The molecular formula is C14H16N2O2. The van der Waals surface area contributed by atoms with Gasteiger partial charge in [-0.25, -0.2) is 9.48 Å². The van der Waals surface area contributed by atoms with Gasteiger partial charge in [-0.3, -0.25) is 0 Å². The number of benzene rings is 1. The lowest BCUT2D eigenvalue weighted by atomic mass is 10.0. The van der Waals surface area contributed by atoms with Gasteiger partial charge in [0, 0.05) is 5.56 Å². The Kier molecular flexibility index (Phi) is 3.19. The van der Waals surface area contributed by atoms with Gasteiger partial charge in [-0.15, -0.1) is 0 Å². The van der Waals surface area contributed by atoms with Gasteiger partial charge >= 0.3 is 5.97 Å². The van der Waals surface area contributed by atoms with Crippen LogP contribution >= 0.6 is 0 Å². The Bertz CT molecular complexity index is 571. The topological polar surface area (TPSA) is 55.1 Å². The average molecular weight is 244 g/mol. The Hall–Kier alpha value is -2.10. The zero-order valence-corrected chi connectivity index (χ0v) is 10.7. The molecular weight excluding hydrogens is 228 g/mol. The van der Waals surface area contributed by atoms with Crippen LogP contribution in [0.1, 0.15) is 41.5 Å². The molecule has 0 unspecified atom stereocenters. The highest BCUT2D eigenvalue weighted by molar-refractivity contribution is 5.87. The molecule has 0 aliphatic heterocycles. The van der Waals surface area contributed by atoms with E-state index in [2.05, 4.69) is 5.10 Å². The van der Waals surface area contributed by atoms with Crippen molar-refractivity contribution in [1.82, 2.24) is 9.78 Å². The van der Waals surface area contributed by atoms with Gasteiger partial charge < -0.3 is 5.11 Å². The summed E-state index contributed by atoms with van der Waals surface area (Å²) < 4.78 is 1.73. The number of nitrogens with zero attached hydrogens (tertiary/aromatic N) is 2. The highest BCUT2D eigenvalue weighted by atomic mass is 16.4. The Labute approximate surface area is 106 Å². The molecule has 2 aromatic rings. The molecule has 4 nitrogen and oxygen atoms in total. The summed E-state index contributed by atoms with van der Waals surface area (Å²) in [6, 6.07) is 9.59. The number of aromatic nitrogens is 2. The SMILES string of the molecule is Cc1c(C(=O)O)nn(-c2ccccc2)c1C(C)C. The van der Waals surface area contributed by atoms with E-state index in [-0.39, 0.29) is 11.6 Å². The van der Waals surface area contributed by atoms with Crippen LogP contribution < -0.4 is 0 Å². The first-order valence-electron chi connectivity index (χ1n) is 5.90. The van der Waals surface area contributed by atoms with Gasteiger partial charge in [0.05, 0.1) is 11.4 Å². The van der Waals surface area contributed by atoms with Crippen LogP contribution in [-0.4, -0.2) is 20.9 Å². The number of carboxylic acids is 1. The zero-order chi connectivity index (χ0) is 13.3. The maximum Gasteiger partial charge on any atom is 0.356 e. The Morgan fingerprint density at radius 2 is 1.89 bits per heavy atom. The standard InChI is InChI=1S/C14H16N2O2/c1-9(2)13-10(3)12(14(17)18)15-16(13)11-7-5-4-6-8-11/h4-9H,1-3H3,(H,17,18). The van der Waals surface area contributed by atoms with Crippen molar-refractivity contribution in [3.05, 3.63) is 47.3 Å². The van der Waals surface area contributed by atoms with Crippen LogP contribution in [0.4, 0.5) is 0 Å². The molecule has 1 N–H and O–H groups in total. The highest BCUT2D eigenvalue weighted by Gasteiger charge is 2.21. The van der Waals surface area contributed by atoms with E-state index < -0.39 is 5.97 Å². The molecule has 1 aromatic heterocycles. The van der Waals surface area contributed by atoms with Gasteiger partial charge in [0.25, 0.3) is 0 Å². The van der Waals surface area contributed by atoms with Crippen LogP contribution in [0, 0.1) is 6.92 Å². The summed E-state index contributed by atoms with van der Waals surface area (Å²) in [5.41, 5.74) is 2.69. The van der Waals surface area contributed by atoms with Crippen LogP contribution in [-0.2, 0) is 0 Å². The fraction of sp³-hybridized carbons (Fsp3) is 0.286. The van der Waals surface area contributed by atoms with Crippen molar-refractivity contribution in [2.45, 2.75) is 26.7 Å². The van der Waals surface area contributed by atoms with E-state index in [9.17, 15) is 4.79 Å². The van der Waals surface area contributed by atoms with Crippen molar-refractivity contribution in [1.29, 1.82) is 0 Å². The van der Waals surface area contributed by atoms with Crippen molar-refractivity contribution in [3.8, 4) is 5.69 Å². The largest absolute Gasteiger partial charge is 0.476 e. The number of para-hydroxylation sites is 1. The number of carbonyl (C=O) groups is 1. The first-order valence-corrected chi connectivity index (χ1v) is 5.90. The van der Waals surface area contributed by atoms with Gasteiger partial charge in [0.2, 0.25) is 0 Å². The first kappa shape index (κ1) is 12.4. The van der Waals surface area contributed by atoms with E-state index in [0.717, 1.165) is 16.9 Å². The molecule has 0 radical (unpaired) electrons. The second kappa shape index (κ2) is 4.64. The normalized spacial score (nSPS) is 10.9. The molecule has 0 bridgehead atoms. The third-order valence-corrected chi connectivity index (χ3v) is 2.92. The minimum atomic E-state index is -0.982. The molecule has 18 heavy (non-hydrogen) atoms. The van der Waals surface area contributed by atoms with Crippen molar-refractivity contribution in [2.24, 2.45) is 0 Å². The van der Waals surface area contributed by atoms with Crippen LogP contribution in [0.2, 0.25) is 0 Å². The Morgan fingerprint density at radius 3 is 2.39 bits per heavy atom. The molecule has 1 heterocycles. The lowest BCUT2D eigenvalue weighted by molar-refractivity contribution is 0.0689. The van der Waals surface area contributed by atoms with Gasteiger partial charge in [0.15, 0.2) is 5.69 Å². The maximum absolute atomic E-state index is 11.2. The molecule has 0 fully saturated rings. The third-order valence-electron chi connectivity index (χ3n) is 2.92. The lowest BCUT2D eigenvalue weighted by Gasteiger charge is -2.11. The van der Waals surface area contributed by atoms with Crippen molar-refractivity contribution in [2.75, 3.05) is 0 Å². The Balaban J connectivity index is 2.67. The van der Waals surface area contributed by atoms with Crippen LogP contribution in [0.15, 0.2) is 30.3 Å². The predicted octanol–water partition coefficient (Wildman–Crippen LogP) is 3.00. The van der Waals surface area contributed by atoms with Crippen LogP contribution in [0.25, 0.3) is 5.69 Å². The van der Waals surface area contributed by atoms with E-state index in [1.165, 1.54) is 0 Å². The average Bonchev–Trinajstić information content (AvgIpc) is 2.68. The summed E-state index contributed by atoms with van der Waals surface area (Å²) in [5.74, 6) is -0.769. The molecule has 0 aliphatic carbocycles. The van der Waals surface area contributed by atoms with E-state index >= 15 is 0 Å². The zero-order valence-electron chi connectivity index (χ0n) is 10.7. The fourth-order valence-corrected chi connectivity index (χ4v) is 2.16. The smallest absolute Gasteiger partial charge is 0.356 e. The van der Waals surface area contributed by atoms with Gasteiger partial charge in [-0.05, 0) is 25.0 Å². The number of hydrogen-bond acceptors (Lipinski definition) is 2.